The van der Waals surface area contributed by atoms with E-state index in [1.54, 1.807) is 48.5 Å². The van der Waals surface area contributed by atoms with Crippen molar-refractivity contribution in [2.24, 2.45) is 0 Å². The molecular weight excluding hydrogens is 418 g/mol. The molecule has 0 amide bonds. The minimum absolute atomic E-state index is 0.0375. The number of phenols is 2. The third-order valence-corrected chi connectivity index (χ3v) is 6.09. The van der Waals surface area contributed by atoms with Crippen molar-refractivity contribution in [1.82, 2.24) is 0 Å². The summed E-state index contributed by atoms with van der Waals surface area (Å²) in [5, 5.41) is 22.2. The number of carbonyl (C=O) groups excluding carboxylic acids is 1. The molecule has 0 spiro atoms. The Morgan fingerprint density at radius 3 is 1.70 bits per heavy atom. The molecular formula is C26H29N3O4. The van der Waals surface area contributed by atoms with Gasteiger partial charge in [-0.2, -0.15) is 0 Å². The summed E-state index contributed by atoms with van der Waals surface area (Å²) in [5.74, 6) is -0.591. The highest BCUT2D eigenvalue weighted by Crippen LogP contribution is 2.55. The Kier molecular flexibility index (Phi) is 5.36. The zero-order valence-corrected chi connectivity index (χ0v) is 19.7. The van der Waals surface area contributed by atoms with Crippen LogP contribution in [0.25, 0.3) is 0 Å². The van der Waals surface area contributed by atoms with Crippen molar-refractivity contribution in [3.63, 3.8) is 0 Å². The lowest BCUT2D eigenvalue weighted by Crippen LogP contribution is -2.32. The number of cyclic esters (lactones) is 1. The highest BCUT2D eigenvalue weighted by Gasteiger charge is 2.53. The molecule has 0 unspecified atom stereocenters. The summed E-state index contributed by atoms with van der Waals surface area (Å²) in [6, 6.07) is 15.8. The molecule has 3 aromatic rings. The van der Waals surface area contributed by atoms with E-state index in [9.17, 15) is 15.0 Å². The first kappa shape index (κ1) is 22.3. The zero-order chi connectivity index (χ0) is 24.1. The van der Waals surface area contributed by atoms with Crippen LogP contribution in [0.4, 0.5) is 17.1 Å². The summed E-state index contributed by atoms with van der Waals surface area (Å²) in [7, 11) is 11.4. The molecule has 7 heteroatoms. The number of fused-ring (bicyclic) bond motifs is 1. The third-order valence-electron chi connectivity index (χ3n) is 6.09. The minimum atomic E-state index is -1.56. The lowest BCUT2D eigenvalue weighted by atomic mass is 9.77. The molecule has 0 aromatic heterocycles. The number of carbonyl (C=O) groups is 1. The first-order valence-electron chi connectivity index (χ1n) is 10.6. The number of ether oxygens (including phenoxy) is 1. The van der Waals surface area contributed by atoms with Gasteiger partial charge in [0.15, 0.2) is 5.60 Å². The molecule has 0 atom stereocenters. The molecule has 0 bridgehead atoms. The van der Waals surface area contributed by atoms with E-state index in [1.165, 1.54) is 0 Å². The highest BCUT2D eigenvalue weighted by molar-refractivity contribution is 5.99. The molecule has 7 nitrogen and oxygen atoms in total. The van der Waals surface area contributed by atoms with E-state index in [1.807, 2.05) is 63.1 Å². The number of benzene rings is 3. The highest BCUT2D eigenvalue weighted by atomic mass is 16.6. The van der Waals surface area contributed by atoms with E-state index in [0.29, 0.717) is 22.3 Å². The number of hydrogen-bond donors (Lipinski definition) is 2. The van der Waals surface area contributed by atoms with Crippen molar-refractivity contribution in [1.29, 1.82) is 0 Å². The number of anilines is 3. The van der Waals surface area contributed by atoms with E-state index in [4.69, 9.17) is 4.74 Å². The molecule has 0 fully saturated rings. The molecule has 0 radical (unpaired) electrons. The Balaban J connectivity index is 2.19. The number of nitrogens with zero attached hydrogens (tertiary/aromatic N) is 3. The largest absolute Gasteiger partial charge is 0.507 e. The van der Waals surface area contributed by atoms with Crippen LogP contribution in [0.1, 0.15) is 27.0 Å². The third kappa shape index (κ3) is 3.40. The smallest absolute Gasteiger partial charge is 0.340 e. The van der Waals surface area contributed by atoms with Gasteiger partial charge in [-0.1, -0.05) is 6.07 Å². The van der Waals surface area contributed by atoms with Gasteiger partial charge in [0.1, 0.15) is 11.5 Å². The van der Waals surface area contributed by atoms with Crippen LogP contribution in [0.15, 0.2) is 54.6 Å². The van der Waals surface area contributed by atoms with E-state index in [2.05, 4.69) is 0 Å². The fraction of sp³-hybridized carbons (Fsp3) is 0.269. The van der Waals surface area contributed by atoms with Crippen molar-refractivity contribution in [3.8, 4) is 11.5 Å². The average Bonchev–Trinajstić information content (AvgIpc) is 3.07. The SMILES string of the molecule is CN(C)c1ccc(O)c(C2(c3cc(N(C)C)ccc3O)OC(=O)c3cccc(N(C)C)c32)c1. The number of hydrogen-bond acceptors (Lipinski definition) is 7. The Bertz CT molecular complexity index is 1180. The lowest BCUT2D eigenvalue weighted by Gasteiger charge is -2.34. The summed E-state index contributed by atoms with van der Waals surface area (Å²) < 4.78 is 6.19. The van der Waals surface area contributed by atoms with Gasteiger partial charge >= 0.3 is 5.97 Å². The standard InChI is InChI=1S/C26H29N3O4/c1-27(2)16-10-12-22(30)19(14-16)26(20-15-17(28(3)4)11-13-23(20)31)24-18(25(32)33-26)8-7-9-21(24)29(5)6/h7-15,30-31H,1-6H3. The second-order valence-electron chi connectivity index (χ2n) is 8.86. The summed E-state index contributed by atoms with van der Waals surface area (Å²) in [6.45, 7) is 0. The Morgan fingerprint density at radius 1 is 0.727 bits per heavy atom. The Labute approximate surface area is 194 Å². The van der Waals surface area contributed by atoms with Crippen molar-refractivity contribution >= 4 is 23.0 Å². The fourth-order valence-electron chi connectivity index (χ4n) is 4.39. The van der Waals surface area contributed by atoms with Crippen LogP contribution in [0, 0.1) is 0 Å². The zero-order valence-electron chi connectivity index (χ0n) is 19.7. The summed E-state index contributed by atoms with van der Waals surface area (Å²) in [5.41, 5.74) is 2.56. The molecule has 33 heavy (non-hydrogen) atoms. The molecule has 0 saturated heterocycles. The van der Waals surface area contributed by atoms with Gasteiger partial charge in [-0.25, -0.2) is 4.79 Å². The molecule has 4 rings (SSSR count). The molecule has 2 N–H and O–H groups in total. The normalized spacial score (nSPS) is 13.9. The molecule has 172 valence electrons. The second-order valence-corrected chi connectivity index (χ2v) is 8.86. The van der Waals surface area contributed by atoms with Gasteiger partial charge in [-0.05, 0) is 48.5 Å². The topological polar surface area (TPSA) is 76.5 Å². The van der Waals surface area contributed by atoms with Crippen LogP contribution >= 0.6 is 0 Å². The molecule has 1 aliphatic rings. The van der Waals surface area contributed by atoms with Crippen molar-refractivity contribution in [3.05, 3.63) is 76.9 Å². The van der Waals surface area contributed by atoms with E-state index in [-0.39, 0.29) is 11.5 Å². The van der Waals surface area contributed by atoms with Gasteiger partial charge in [-0.15, -0.1) is 0 Å². The van der Waals surface area contributed by atoms with Gasteiger partial charge in [0, 0.05) is 76.0 Å². The van der Waals surface area contributed by atoms with Crippen LogP contribution in [0.2, 0.25) is 0 Å². The molecule has 0 aliphatic carbocycles. The minimum Gasteiger partial charge on any atom is -0.507 e. The van der Waals surface area contributed by atoms with E-state index < -0.39 is 11.6 Å². The van der Waals surface area contributed by atoms with Gasteiger partial charge in [0.2, 0.25) is 0 Å². The van der Waals surface area contributed by atoms with Gasteiger partial charge in [0.05, 0.1) is 5.56 Å². The number of phenolic OH excluding ortho intramolecular Hbond substituents is 2. The molecule has 1 aliphatic heterocycles. The average molecular weight is 448 g/mol. The Hall–Kier alpha value is -3.87. The van der Waals surface area contributed by atoms with Crippen molar-refractivity contribution in [2.75, 3.05) is 57.0 Å². The lowest BCUT2D eigenvalue weighted by molar-refractivity contribution is 0.0241. The van der Waals surface area contributed by atoms with Gasteiger partial charge in [0.25, 0.3) is 0 Å². The number of rotatable bonds is 5. The van der Waals surface area contributed by atoms with Gasteiger partial charge < -0.3 is 29.6 Å². The van der Waals surface area contributed by atoms with Crippen LogP contribution in [-0.4, -0.2) is 58.5 Å². The Morgan fingerprint density at radius 2 is 1.24 bits per heavy atom. The second kappa shape index (κ2) is 7.92. The first-order chi connectivity index (χ1) is 15.6. The quantitative estimate of drug-likeness (QED) is 0.577. The van der Waals surface area contributed by atoms with Crippen LogP contribution in [-0.2, 0) is 10.3 Å². The first-order valence-corrected chi connectivity index (χ1v) is 10.6. The molecule has 0 saturated carbocycles. The van der Waals surface area contributed by atoms with Crippen LogP contribution in [0.3, 0.4) is 0 Å². The monoisotopic (exact) mass is 447 g/mol. The predicted molar refractivity (Wildman–Crippen MR) is 131 cm³/mol. The van der Waals surface area contributed by atoms with E-state index >= 15 is 0 Å². The molecule has 3 aromatic carbocycles. The summed E-state index contributed by atoms with van der Waals surface area (Å²) in [4.78, 5) is 18.9. The summed E-state index contributed by atoms with van der Waals surface area (Å²) in [6.07, 6.45) is 0. The van der Waals surface area contributed by atoms with E-state index in [0.717, 1.165) is 17.1 Å². The van der Waals surface area contributed by atoms with Crippen molar-refractivity contribution in [2.45, 2.75) is 5.60 Å². The van der Waals surface area contributed by atoms with Crippen LogP contribution < -0.4 is 14.7 Å². The fourth-order valence-corrected chi connectivity index (χ4v) is 4.39. The predicted octanol–water partition coefficient (Wildman–Crippen LogP) is 3.76. The number of aromatic hydroxyl groups is 2. The maximum absolute atomic E-state index is 13.2. The van der Waals surface area contributed by atoms with Crippen LogP contribution in [0.5, 0.6) is 11.5 Å². The maximum Gasteiger partial charge on any atom is 0.340 e. The number of esters is 1. The van der Waals surface area contributed by atoms with Crippen molar-refractivity contribution < 1.29 is 19.7 Å². The molecule has 1 heterocycles. The maximum atomic E-state index is 13.2. The van der Waals surface area contributed by atoms with Gasteiger partial charge in [-0.3, -0.25) is 0 Å². The summed E-state index contributed by atoms with van der Waals surface area (Å²) >= 11 is 0.